The largest absolute Gasteiger partial charge is 0.459 e. The van der Waals surface area contributed by atoms with Gasteiger partial charge in [-0.05, 0) is 36.8 Å². The number of furan rings is 1. The molecule has 1 fully saturated rings. The number of carbonyl (C=O) groups excluding carboxylic acids is 1. The van der Waals surface area contributed by atoms with Crippen molar-refractivity contribution in [2.75, 3.05) is 13.1 Å². The number of aromatic nitrogens is 3. The molecule has 1 saturated heterocycles. The summed E-state index contributed by atoms with van der Waals surface area (Å²) in [6, 6.07) is 9.18. The fraction of sp³-hybridized carbons (Fsp3) is 0.222. The summed E-state index contributed by atoms with van der Waals surface area (Å²) in [5.41, 5.74) is 3.40. The molecule has 0 N–H and O–H groups in total. The van der Waals surface area contributed by atoms with Gasteiger partial charge in [-0.1, -0.05) is 5.16 Å². The Kier molecular flexibility index (Phi) is 3.56. The first-order valence-electron chi connectivity index (χ1n) is 8.28. The van der Waals surface area contributed by atoms with Crippen LogP contribution in [-0.4, -0.2) is 39.0 Å². The first-order chi connectivity index (χ1) is 12.8. The van der Waals surface area contributed by atoms with E-state index in [0.29, 0.717) is 36.1 Å². The molecule has 1 aliphatic rings. The molecule has 26 heavy (non-hydrogen) atoms. The number of rotatable bonds is 3. The van der Waals surface area contributed by atoms with Crippen LogP contribution in [0, 0.1) is 0 Å². The van der Waals surface area contributed by atoms with Crippen LogP contribution in [0.15, 0.2) is 51.0 Å². The number of likely N-dealkylation sites (tertiary alicyclic amines) is 1. The molecule has 0 spiro atoms. The second-order valence-electron chi connectivity index (χ2n) is 6.21. The molecule has 1 atom stereocenters. The van der Waals surface area contributed by atoms with Gasteiger partial charge in [-0.15, -0.1) is 11.3 Å². The summed E-state index contributed by atoms with van der Waals surface area (Å²) in [4.78, 5) is 23.3. The van der Waals surface area contributed by atoms with Gasteiger partial charge in [0.1, 0.15) is 0 Å². The first kappa shape index (κ1) is 15.3. The van der Waals surface area contributed by atoms with Crippen molar-refractivity contribution in [2.24, 2.45) is 0 Å². The summed E-state index contributed by atoms with van der Waals surface area (Å²) < 4.78 is 11.6. The molecule has 0 radical (unpaired) electrons. The van der Waals surface area contributed by atoms with Gasteiger partial charge < -0.3 is 13.8 Å². The molecule has 4 aromatic rings. The number of benzene rings is 1. The molecule has 1 amide bonds. The summed E-state index contributed by atoms with van der Waals surface area (Å²) in [7, 11) is 0. The molecule has 0 bridgehead atoms. The van der Waals surface area contributed by atoms with E-state index in [1.165, 1.54) is 11.3 Å². The summed E-state index contributed by atoms with van der Waals surface area (Å²) >= 11 is 1.54. The van der Waals surface area contributed by atoms with E-state index in [1.54, 1.807) is 23.9 Å². The van der Waals surface area contributed by atoms with Crippen LogP contribution in [0.3, 0.4) is 0 Å². The van der Waals surface area contributed by atoms with Crippen LogP contribution < -0.4 is 0 Å². The van der Waals surface area contributed by atoms with Gasteiger partial charge in [0.25, 0.3) is 11.8 Å². The predicted molar refractivity (Wildman–Crippen MR) is 94.9 cm³/mol. The smallest absolute Gasteiger partial charge is 0.293 e. The molecular formula is C18H14N4O3S. The van der Waals surface area contributed by atoms with Crippen molar-refractivity contribution in [1.82, 2.24) is 20.0 Å². The van der Waals surface area contributed by atoms with Gasteiger partial charge in [0.05, 0.1) is 22.0 Å². The van der Waals surface area contributed by atoms with Crippen LogP contribution in [0.5, 0.6) is 0 Å². The van der Waals surface area contributed by atoms with Crippen molar-refractivity contribution in [3.8, 4) is 11.7 Å². The van der Waals surface area contributed by atoms with Crippen LogP contribution >= 0.6 is 11.3 Å². The number of carbonyl (C=O) groups is 1. The molecule has 1 aromatic carbocycles. The van der Waals surface area contributed by atoms with Gasteiger partial charge in [-0.2, -0.15) is 4.98 Å². The molecule has 1 aliphatic heterocycles. The maximum Gasteiger partial charge on any atom is 0.293 e. The van der Waals surface area contributed by atoms with Crippen molar-refractivity contribution in [2.45, 2.75) is 12.3 Å². The van der Waals surface area contributed by atoms with Crippen molar-refractivity contribution >= 4 is 27.5 Å². The standard InChI is InChI=1S/C18H14N4O3S/c23-18(11-3-4-13-15(8-11)26-10-19-13)22-6-5-12(9-22)16-20-17(25-21-16)14-2-1-7-24-14/h1-4,7-8,10,12H,5-6,9H2/t12-/m0/s1. The van der Waals surface area contributed by atoms with E-state index in [2.05, 4.69) is 15.1 Å². The van der Waals surface area contributed by atoms with E-state index in [0.717, 1.165) is 16.6 Å². The molecule has 3 aromatic heterocycles. The van der Waals surface area contributed by atoms with Gasteiger partial charge in [0, 0.05) is 24.6 Å². The van der Waals surface area contributed by atoms with Gasteiger partial charge in [0.2, 0.25) is 0 Å². The quantitative estimate of drug-likeness (QED) is 0.551. The molecule has 0 saturated carbocycles. The minimum absolute atomic E-state index is 0.0255. The Labute approximate surface area is 152 Å². The van der Waals surface area contributed by atoms with Crippen molar-refractivity contribution in [3.05, 3.63) is 53.5 Å². The Morgan fingerprint density at radius 1 is 1.31 bits per heavy atom. The lowest BCUT2D eigenvalue weighted by Gasteiger charge is -2.15. The topological polar surface area (TPSA) is 85.3 Å². The lowest BCUT2D eigenvalue weighted by molar-refractivity contribution is 0.0790. The molecule has 5 rings (SSSR count). The van der Waals surface area contributed by atoms with E-state index in [-0.39, 0.29) is 11.8 Å². The maximum absolute atomic E-state index is 12.8. The van der Waals surface area contributed by atoms with E-state index in [4.69, 9.17) is 8.94 Å². The van der Waals surface area contributed by atoms with Crippen LogP contribution in [0.4, 0.5) is 0 Å². The Balaban J connectivity index is 1.33. The third-order valence-electron chi connectivity index (χ3n) is 4.59. The van der Waals surface area contributed by atoms with Gasteiger partial charge >= 0.3 is 0 Å². The van der Waals surface area contributed by atoms with Crippen molar-refractivity contribution in [3.63, 3.8) is 0 Å². The molecule has 0 aliphatic carbocycles. The summed E-state index contributed by atoms with van der Waals surface area (Å²) in [6.45, 7) is 1.26. The third kappa shape index (κ3) is 2.59. The summed E-state index contributed by atoms with van der Waals surface area (Å²) in [5.74, 6) is 1.62. The lowest BCUT2D eigenvalue weighted by atomic mass is 10.1. The third-order valence-corrected chi connectivity index (χ3v) is 5.38. The number of fused-ring (bicyclic) bond motifs is 1. The summed E-state index contributed by atoms with van der Waals surface area (Å²) in [5, 5.41) is 4.06. The van der Waals surface area contributed by atoms with Crippen LogP contribution in [-0.2, 0) is 0 Å². The highest BCUT2D eigenvalue weighted by Gasteiger charge is 2.31. The van der Waals surface area contributed by atoms with E-state index in [1.807, 2.05) is 23.1 Å². The SMILES string of the molecule is O=C(c1ccc2ncsc2c1)N1CC[C@H](c2noc(-c3ccco3)n2)C1. The average molecular weight is 366 g/mol. The molecule has 130 valence electrons. The predicted octanol–water partition coefficient (Wildman–Crippen LogP) is 3.57. The Bertz CT molecular complexity index is 1070. The minimum atomic E-state index is 0.0255. The number of amides is 1. The van der Waals surface area contributed by atoms with Crippen LogP contribution in [0.1, 0.15) is 28.5 Å². The number of thiazole rings is 1. The highest BCUT2D eigenvalue weighted by Crippen LogP contribution is 2.29. The zero-order valence-electron chi connectivity index (χ0n) is 13.7. The Hall–Kier alpha value is -3.00. The second-order valence-corrected chi connectivity index (χ2v) is 7.09. The number of hydrogen-bond acceptors (Lipinski definition) is 7. The molecule has 4 heterocycles. The highest BCUT2D eigenvalue weighted by molar-refractivity contribution is 7.16. The highest BCUT2D eigenvalue weighted by atomic mass is 32.1. The Morgan fingerprint density at radius 3 is 3.15 bits per heavy atom. The first-order valence-corrected chi connectivity index (χ1v) is 9.16. The normalized spacial score (nSPS) is 17.2. The monoisotopic (exact) mass is 366 g/mol. The van der Waals surface area contributed by atoms with Gasteiger partial charge in [-0.3, -0.25) is 4.79 Å². The fourth-order valence-corrected chi connectivity index (χ4v) is 3.94. The number of nitrogens with zero attached hydrogens (tertiary/aromatic N) is 4. The number of hydrogen-bond donors (Lipinski definition) is 0. The van der Waals surface area contributed by atoms with E-state index >= 15 is 0 Å². The summed E-state index contributed by atoms with van der Waals surface area (Å²) in [6.07, 6.45) is 2.38. The van der Waals surface area contributed by atoms with Crippen molar-refractivity contribution < 1.29 is 13.7 Å². The van der Waals surface area contributed by atoms with Crippen LogP contribution in [0.2, 0.25) is 0 Å². The lowest BCUT2D eigenvalue weighted by Crippen LogP contribution is -2.28. The van der Waals surface area contributed by atoms with E-state index < -0.39 is 0 Å². The zero-order chi connectivity index (χ0) is 17.5. The molecule has 8 heteroatoms. The van der Waals surface area contributed by atoms with E-state index in [9.17, 15) is 4.79 Å². The minimum Gasteiger partial charge on any atom is -0.459 e. The van der Waals surface area contributed by atoms with Gasteiger partial charge in [0.15, 0.2) is 11.6 Å². The second kappa shape index (κ2) is 6.06. The molecule has 0 unspecified atom stereocenters. The average Bonchev–Trinajstić information content (AvgIpc) is 3.47. The van der Waals surface area contributed by atoms with Crippen molar-refractivity contribution in [1.29, 1.82) is 0 Å². The maximum atomic E-state index is 12.8. The molecular weight excluding hydrogens is 352 g/mol. The zero-order valence-corrected chi connectivity index (χ0v) is 14.5. The van der Waals surface area contributed by atoms with Gasteiger partial charge in [-0.25, -0.2) is 4.98 Å². The Morgan fingerprint density at radius 2 is 2.27 bits per heavy atom. The molecule has 7 nitrogen and oxygen atoms in total. The fourth-order valence-electron chi connectivity index (χ4n) is 3.23. The van der Waals surface area contributed by atoms with Crippen LogP contribution in [0.25, 0.3) is 21.9 Å².